The number of thioether (sulfide) groups is 1. The Bertz CT molecular complexity index is 462. The van der Waals surface area contributed by atoms with Crippen LogP contribution in [0.5, 0.6) is 0 Å². The maximum atomic E-state index is 11.9. The number of hydrogen-bond acceptors (Lipinski definition) is 4. The van der Waals surface area contributed by atoms with Gasteiger partial charge in [0.25, 0.3) is 10.1 Å². The number of hydrogen-bond donors (Lipinski definition) is 0. The summed E-state index contributed by atoms with van der Waals surface area (Å²) in [7, 11) is -3.59. The van der Waals surface area contributed by atoms with Gasteiger partial charge in [0, 0.05) is 0 Å². The Hall–Kier alpha value is -0.520. The molecule has 1 heterocycles. The molecule has 1 aliphatic heterocycles. The molecule has 3 nitrogen and oxygen atoms in total. The molecule has 88 valence electrons. The van der Waals surface area contributed by atoms with Crippen LogP contribution < -0.4 is 0 Å². The van der Waals surface area contributed by atoms with E-state index in [-0.39, 0.29) is 10.3 Å². The Morgan fingerprint density at radius 3 is 2.88 bits per heavy atom. The highest BCUT2D eigenvalue weighted by atomic mass is 32.2. The summed E-state index contributed by atoms with van der Waals surface area (Å²) in [6.45, 7) is 1.86. The van der Waals surface area contributed by atoms with Crippen molar-refractivity contribution in [2.75, 3.05) is 5.75 Å². The maximum Gasteiger partial charge on any atom is 0.298 e. The zero-order valence-electron chi connectivity index (χ0n) is 9.05. The molecule has 1 unspecified atom stereocenters. The predicted molar refractivity (Wildman–Crippen MR) is 64.9 cm³/mol. The van der Waals surface area contributed by atoms with Gasteiger partial charge in [-0.15, -0.1) is 11.8 Å². The van der Waals surface area contributed by atoms with E-state index >= 15 is 0 Å². The normalized spacial score (nSPS) is 21.2. The zero-order chi connectivity index (χ0) is 11.6. The van der Waals surface area contributed by atoms with Crippen molar-refractivity contribution < 1.29 is 12.6 Å². The van der Waals surface area contributed by atoms with E-state index in [1.807, 2.05) is 13.0 Å². The SMILES string of the molecule is Cc1cccc(S(=O)(=O)OC2CCCS2)c1. The Morgan fingerprint density at radius 1 is 1.44 bits per heavy atom. The summed E-state index contributed by atoms with van der Waals surface area (Å²) in [6.07, 6.45) is 1.84. The number of benzene rings is 1. The minimum atomic E-state index is -3.59. The molecule has 1 aromatic rings. The van der Waals surface area contributed by atoms with Gasteiger partial charge in [-0.2, -0.15) is 8.42 Å². The van der Waals surface area contributed by atoms with E-state index in [0.717, 1.165) is 24.2 Å². The lowest BCUT2D eigenvalue weighted by Gasteiger charge is -2.10. The highest BCUT2D eigenvalue weighted by molar-refractivity contribution is 8.00. The summed E-state index contributed by atoms with van der Waals surface area (Å²) < 4.78 is 29.0. The second-order valence-corrected chi connectivity index (χ2v) is 6.65. The van der Waals surface area contributed by atoms with E-state index in [2.05, 4.69) is 0 Å². The summed E-state index contributed by atoms with van der Waals surface area (Å²) in [5.41, 5.74) is 0.717. The van der Waals surface area contributed by atoms with Crippen molar-refractivity contribution >= 4 is 21.9 Å². The largest absolute Gasteiger partial charge is 0.298 e. The quantitative estimate of drug-likeness (QED) is 0.782. The summed E-state index contributed by atoms with van der Waals surface area (Å²) in [5.74, 6) is 0.980. The van der Waals surface area contributed by atoms with Crippen molar-refractivity contribution in [3.8, 4) is 0 Å². The van der Waals surface area contributed by atoms with Crippen molar-refractivity contribution in [3.05, 3.63) is 29.8 Å². The van der Waals surface area contributed by atoms with Crippen molar-refractivity contribution in [2.24, 2.45) is 0 Å². The van der Waals surface area contributed by atoms with Gasteiger partial charge in [-0.1, -0.05) is 12.1 Å². The highest BCUT2D eigenvalue weighted by Gasteiger charge is 2.24. The first kappa shape index (κ1) is 12.0. The van der Waals surface area contributed by atoms with Gasteiger partial charge in [0.1, 0.15) is 5.44 Å². The highest BCUT2D eigenvalue weighted by Crippen LogP contribution is 2.30. The molecule has 2 rings (SSSR count). The third-order valence-electron chi connectivity index (χ3n) is 2.40. The van der Waals surface area contributed by atoms with Crippen LogP contribution in [0.1, 0.15) is 18.4 Å². The van der Waals surface area contributed by atoms with E-state index in [1.54, 1.807) is 30.0 Å². The van der Waals surface area contributed by atoms with E-state index in [9.17, 15) is 8.42 Å². The van der Waals surface area contributed by atoms with E-state index < -0.39 is 10.1 Å². The van der Waals surface area contributed by atoms with Crippen molar-refractivity contribution in [1.82, 2.24) is 0 Å². The Morgan fingerprint density at radius 2 is 2.25 bits per heavy atom. The smallest absolute Gasteiger partial charge is 0.252 e. The second kappa shape index (κ2) is 4.77. The van der Waals surface area contributed by atoms with Gasteiger partial charge in [-0.05, 0) is 43.2 Å². The Balaban J connectivity index is 2.18. The number of rotatable bonds is 3. The zero-order valence-corrected chi connectivity index (χ0v) is 10.7. The standard InChI is InChI=1S/C11H14O3S2/c1-9-4-2-5-10(8-9)16(12,13)14-11-6-3-7-15-11/h2,4-5,8,11H,3,6-7H2,1H3. The minimum Gasteiger partial charge on any atom is -0.252 e. The summed E-state index contributed by atoms with van der Waals surface area (Å²) >= 11 is 1.57. The molecule has 1 aromatic carbocycles. The van der Waals surface area contributed by atoms with Gasteiger partial charge >= 0.3 is 0 Å². The lowest BCUT2D eigenvalue weighted by Crippen LogP contribution is -2.13. The third-order valence-corrected chi connectivity index (χ3v) is 5.07. The average molecular weight is 258 g/mol. The molecule has 1 fully saturated rings. The molecule has 5 heteroatoms. The van der Waals surface area contributed by atoms with Gasteiger partial charge in [0.15, 0.2) is 0 Å². The molecule has 1 saturated heterocycles. The Kier molecular flexibility index (Phi) is 3.56. The van der Waals surface area contributed by atoms with Crippen LogP contribution in [0.25, 0.3) is 0 Å². The van der Waals surface area contributed by atoms with Crippen LogP contribution in [0.2, 0.25) is 0 Å². The van der Waals surface area contributed by atoms with Gasteiger partial charge in [-0.25, -0.2) is 0 Å². The van der Waals surface area contributed by atoms with E-state index in [1.165, 1.54) is 0 Å². The fraction of sp³-hybridized carbons (Fsp3) is 0.455. The summed E-state index contributed by atoms with van der Waals surface area (Å²) in [6, 6.07) is 6.80. The maximum absolute atomic E-state index is 11.9. The molecule has 0 aliphatic carbocycles. The fourth-order valence-corrected chi connectivity index (χ4v) is 4.12. The van der Waals surface area contributed by atoms with Gasteiger partial charge < -0.3 is 0 Å². The topological polar surface area (TPSA) is 43.4 Å². The molecule has 0 N–H and O–H groups in total. The lowest BCUT2D eigenvalue weighted by atomic mass is 10.2. The summed E-state index contributed by atoms with van der Waals surface area (Å²) in [5, 5.41) is 0. The molecular formula is C11H14O3S2. The monoisotopic (exact) mass is 258 g/mol. The molecule has 0 amide bonds. The molecule has 0 bridgehead atoms. The number of aryl methyl sites for hydroxylation is 1. The first-order valence-electron chi connectivity index (χ1n) is 5.19. The molecule has 1 aliphatic rings. The van der Waals surface area contributed by atoms with E-state index in [0.29, 0.717) is 0 Å². The predicted octanol–water partition coefficient (Wildman–Crippen LogP) is 2.55. The van der Waals surface area contributed by atoms with Gasteiger partial charge in [-0.3, -0.25) is 4.18 Å². The van der Waals surface area contributed by atoms with Crippen LogP contribution in [0.4, 0.5) is 0 Å². The van der Waals surface area contributed by atoms with Crippen LogP contribution in [-0.4, -0.2) is 19.6 Å². The fourth-order valence-electron chi connectivity index (χ4n) is 1.59. The summed E-state index contributed by atoms with van der Waals surface area (Å²) in [4.78, 5) is 0.250. The molecule has 0 aromatic heterocycles. The average Bonchev–Trinajstić information content (AvgIpc) is 2.70. The van der Waals surface area contributed by atoms with Gasteiger partial charge in [0.2, 0.25) is 0 Å². The first-order valence-corrected chi connectivity index (χ1v) is 7.65. The van der Waals surface area contributed by atoms with Crippen molar-refractivity contribution in [2.45, 2.75) is 30.1 Å². The molecule has 0 saturated carbocycles. The molecule has 1 atom stereocenters. The Labute approximate surface area is 100 Å². The van der Waals surface area contributed by atoms with Crippen LogP contribution in [0.15, 0.2) is 29.2 Å². The molecule has 0 radical (unpaired) electrons. The lowest BCUT2D eigenvalue weighted by molar-refractivity contribution is 0.288. The van der Waals surface area contributed by atoms with Crippen LogP contribution in [0.3, 0.4) is 0 Å². The van der Waals surface area contributed by atoms with Crippen LogP contribution >= 0.6 is 11.8 Å². The molecular weight excluding hydrogens is 244 g/mol. The van der Waals surface area contributed by atoms with Gasteiger partial charge in [0.05, 0.1) is 4.90 Å². The van der Waals surface area contributed by atoms with E-state index in [4.69, 9.17) is 4.18 Å². The third kappa shape index (κ3) is 2.78. The minimum absolute atomic E-state index is 0.203. The van der Waals surface area contributed by atoms with Crippen LogP contribution in [-0.2, 0) is 14.3 Å². The first-order chi connectivity index (χ1) is 7.58. The van der Waals surface area contributed by atoms with Crippen molar-refractivity contribution in [1.29, 1.82) is 0 Å². The molecule has 16 heavy (non-hydrogen) atoms. The molecule has 0 spiro atoms. The van der Waals surface area contributed by atoms with Crippen LogP contribution in [0, 0.1) is 6.92 Å². The van der Waals surface area contributed by atoms with Crippen molar-refractivity contribution in [3.63, 3.8) is 0 Å². The second-order valence-electron chi connectivity index (χ2n) is 3.81.